The first kappa shape index (κ1) is 16.3. The maximum Gasteiger partial charge on any atom is 0.320 e. The molecule has 2 rings (SSSR count). The van der Waals surface area contributed by atoms with Crippen molar-refractivity contribution in [3.05, 3.63) is 71.8 Å². The molecular weight excluding hydrogens is 303 g/mol. The van der Waals surface area contributed by atoms with Crippen LogP contribution < -0.4 is 0 Å². The summed E-state index contributed by atoms with van der Waals surface area (Å²) in [4.78, 5) is 23.5. The molecule has 114 valence electrons. The quantitative estimate of drug-likeness (QED) is 0.552. The second-order valence-corrected chi connectivity index (χ2v) is 5.48. The lowest BCUT2D eigenvalue weighted by Gasteiger charge is -2.05. The summed E-state index contributed by atoms with van der Waals surface area (Å²) in [6.45, 7) is -0.692. The van der Waals surface area contributed by atoms with E-state index in [0.29, 0.717) is 11.1 Å². The van der Waals surface area contributed by atoms with E-state index in [-0.39, 0.29) is 24.8 Å². The molecule has 0 aliphatic carbocycles. The maximum absolute atomic E-state index is 11.7. The number of hydrogen-bond donors (Lipinski definition) is 0. The van der Waals surface area contributed by atoms with E-state index in [2.05, 4.69) is 0 Å². The van der Waals surface area contributed by atoms with Crippen molar-refractivity contribution in [2.75, 3.05) is 13.2 Å². The minimum absolute atomic E-state index is 0.295. The highest BCUT2D eigenvalue weighted by Gasteiger charge is 2.11. The molecule has 0 saturated heterocycles. The lowest BCUT2D eigenvalue weighted by molar-refractivity contribution is 0.0877. The molecule has 6 heteroatoms. The van der Waals surface area contributed by atoms with Crippen molar-refractivity contribution in [1.29, 1.82) is 0 Å². The van der Waals surface area contributed by atoms with Gasteiger partial charge in [-0.1, -0.05) is 60.7 Å². The van der Waals surface area contributed by atoms with Gasteiger partial charge in [0.05, 0.1) is 0 Å². The molecule has 0 aromatic heterocycles. The Kier molecular flexibility index (Phi) is 6.22. The highest BCUT2D eigenvalue weighted by atomic mass is 31.1. The van der Waals surface area contributed by atoms with Gasteiger partial charge in [-0.15, -0.1) is 0 Å². The molecule has 0 fully saturated rings. The van der Waals surface area contributed by atoms with E-state index in [1.54, 1.807) is 60.7 Å². The Labute approximate surface area is 128 Å². The molecule has 2 aromatic carbocycles. The fourth-order valence-electron chi connectivity index (χ4n) is 1.71. The minimum atomic E-state index is -2.89. The number of ketones is 2. The molecule has 0 N–H and O–H groups in total. The molecule has 2 aromatic rings. The first-order valence-corrected chi connectivity index (χ1v) is 7.85. The lowest BCUT2D eigenvalue weighted by atomic mass is 10.1. The lowest BCUT2D eigenvalue weighted by Crippen LogP contribution is -2.08. The number of rotatable bonds is 8. The van der Waals surface area contributed by atoms with Crippen LogP contribution >= 0.6 is 8.25 Å². The zero-order chi connectivity index (χ0) is 15.8. The van der Waals surface area contributed by atoms with Crippen LogP contribution in [0.4, 0.5) is 0 Å². The average molecular weight is 318 g/mol. The van der Waals surface area contributed by atoms with E-state index in [1.807, 2.05) is 0 Å². The van der Waals surface area contributed by atoms with Crippen molar-refractivity contribution in [1.82, 2.24) is 0 Å². The topological polar surface area (TPSA) is 69.7 Å². The van der Waals surface area contributed by atoms with Crippen molar-refractivity contribution in [2.24, 2.45) is 0 Å². The predicted octanol–water partition coefficient (Wildman–Crippen LogP) is 3.18. The highest BCUT2D eigenvalue weighted by Crippen LogP contribution is 2.24. The Morgan fingerprint density at radius 3 is 1.45 bits per heavy atom. The fraction of sp³-hybridized carbons (Fsp3) is 0.125. The summed E-state index contributed by atoms with van der Waals surface area (Å²) in [5, 5.41) is 0. The molecule has 0 saturated carbocycles. The summed E-state index contributed by atoms with van der Waals surface area (Å²) >= 11 is 0. The Hall–Kier alpha value is -2.07. The van der Waals surface area contributed by atoms with E-state index in [0.717, 1.165) is 0 Å². The first-order chi connectivity index (χ1) is 10.7. The monoisotopic (exact) mass is 318 g/mol. The van der Waals surface area contributed by atoms with Crippen LogP contribution in [0.5, 0.6) is 0 Å². The van der Waals surface area contributed by atoms with Crippen LogP contribution in [0, 0.1) is 0 Å². The second kappa shape index (κ2) is 8.39. The second-order valence-electron chi connectivity index (χ2n) is 4.41. The molecule has 0 aliphatic rings. The number of Topliss-reactive ketones (excluding diaryl/α,β-unsaturated/α-hetero) is 2. The predicted molar refractivity (Wildman–Crippen MR) is 82.5 cm³/mol. The smallest absolute Gasteiger partial charge is 0.302 e. The van der Waals surface area contributed by atoms with Gasteiger partial charge in [-0.25, -0.2) is 0 Å². The van der Waals surface area contributed by atoms with Gasteiger partial charge in [-0.2, -0.15) is 0 Å². The van der Waals surface area contributed by atoms with Crippen LogP contribution in [-0.2, 0) is 13.6 Å². The normalized spacial score (nSPS) is 10.6. The fourth-order valence-corrected chi connectivity index (χ4v) is 2.29. The summed E-state index contributed by atoms with van der Waals surface area (Å²) in [6.07, 6.45) is 0. The number of hydrogen-bond acceptors (Lipinski definition) is 5. The molecule has 0 spiro atoms. The van der Waals surface area contributed by atoms with Gasteiger partial charge in [0.15, 0.2) is 11.6 Å². The molecule has 22 heavy (non-hydrogen) atoms. The molecule has 0 unspecified atom stereocenters. The Balaban J connectivity index is 1.74. The van der Waals surface area contributed by atoms with Crippen LogP contribution in [0.1, 0.15) is 20.7 Å². The molecule has 0 aliphatic heterocycles. The summed E-state index contributed by atoms with van der Waals surface area (Å²) in [7, 11) is -2.89. The molecule has 5 nitrogen and oxygen atoms in total. The molecule has 0 bridgehead atoms. The van der Waals surface area contributed by atoms with Crippen LogP contribution in [0.3, 0.4) is 0 Å². The van der Waals surface area contributed by atoms with E-state index in [4.69, 9.17) is 9.05 Å². The number of carbonyl (C=O) groups is 2. The van der Waals surface area contributed by atoms with Crippen LogP contribution in [0.2, 0.25) is 0 Å². The molecule has 0 radical (unpaired) electrons. The third-order valence-electron chi connectivity index (χ3n) is 2.83. The standard InChI is InChI=1S/C16H15O5P/c17-15(13-7-3-1-4-8-13)11-20-22(19)21-12-16(18)14-9-5-2-6-10-14/h1-10,22H,11-12H2. The molecule has 0 atom stereocenters. The summed E-state index contributed by atoms with van der Waals surface area (Å²) < 4.78 is 21.3. The van der Waals surface area contributed by atoms with Crippen molar-refractivity contribution < 1.29 is 23.2 Å². The molecular formula is C16H15O5P. The van der Waals surface area contributed by atoms with Gasteiger partial charge in [0, 0.05) is 11.1 Å². The largest absolute Gasteiger partial charge is 0.320 e. The Morgan fingerprint density at radius 1 is 0.727 bits per heavy atom. The van der Waals surface area contributed by atoms with Gasteiger partial charge < -0.3 is 9.05 Å². The highest BCUT2D eigenvalue weighted by molar-refractivity contribution is 7.33. The Bertz CT molecular complexity index is 597. The van der Waals surface area contributed by atoms with Gasteiger partial charge in [-0.05, 0) is 0 Å². The summed E-state index contributed by atoms with van der Waals surface area (Å²) in [5.74, 6) is -0.589. The maximum atomic E-state index is 11.7. The zero-order valence-electron chi connectivity index (χ0n) is 11.7. The third kappa shape index (κ3) is 5.04. The van der Waals surface area contributed by atoms with Crippen LogP contribution in [0.15, 0.2) is 60.7 Å². The van der Waals surface area contributed by atoms with E-state index >= 15 is 0 Å². The van der Waals surface area contributed by atoms with Gasteiger partial charge in [0.25, 0.3) is 0 Å². The average Bonchev–Trinajstić information content (AvgIpc) is 2.59. The zero-order valence-corrected chi connectivity index (χ0v) is 12.7. The van der Waals surface area contributed by atoms with Gasteiger partial charge in [0.1, 0.15) is 13.2 Å². The summed E-state index contributed by atoms with van der Waals surface area (Å²) in [6, 6.07) is 17.1. The van der Waals surface area contributed by atoms with Crippen molar-refractivity contribution in [3.63, 3.8) is 0 Å². The van der Waals surface area contributed by atoms with Crippen LogP contribution in [-0.4, -0.2) is 24.8 Å². The SMILES string of the molecule is O=C(CO[PH](=O)OCC(=O)c1ccccc1)c1ccccc1. The number of carbonyl (C=O) groups excluding carboxylic acids is 2. The van der Waals surface area contributed by atoms with Gasteiger partial charge >= 0.3 is 8.25 Å². The van der Waals surface area contributed by atoms with Gasteiger partial charge in [0.2, 0.25) is 0 Å². The van der Waals surface area contributed by atoms with Crippen molar-refractivity contribution in [3.8, 4) is 0 Å². The van der Waals surface area contributed by atoms with Gasteiger partial charge in [-0.3, -0.25) is 14.2 Å². The number of benzene rings is 2. The van der Waals surface area contributed by atoms with Crippen LogP contribution in [0.25, 0.3) is 0 Å². The molecule has 0 amide bonds. The van der Waals surface area contributed by atoms with E-state index in [9.17, 15) is 14.2 Å². The third-order valence-corrected chi connectivity index (χ3v) is 3.59. The van der Waals surface area contributed by atoms with Crippen molar-refractivity contribution >= 4 is 19.8 Å². The first-order valence-electron chi connectivity index (χ1n) is 6.63. The van der Waals surface area contributed by atoms with E-state index in [1.165, 1.54) is 0 Å². The van der Waals surface area contributed by atoms with Crippen molar-refractivity contribution in [2.45, 2.75) is 0 Å². The Morgan fingerprint density at radius 2 is 1.09 bits per heavy atom. The summed E-state index contributed by atoms with van der Waals surface area (Å²) in [5.41, 5.74) is 0.940. The van der Waals surface area contributed by atoms with E-state index < -0.39 is 8.25 Å². The molecule has 0 heterocycles. The minimum Gasteiger partial charge on any atom is -0.302 e.